The third kappa shape index (κ3) is 6.74. The highest BCUT2D eigenvalue weighted by Crippen LogP contribution is 2.25. The molecular formula is C29H36N4O3. The largest absolute Gasteiger partial charge is 0.493 e. The number of carbonyl (C=O) groups excluding carboxylic acids is 2. The Morgan fingerprint density at radius 1 is 1.17 bits per heavy atom. The number of ether oxygens (including phenoxy) is 1. The van der Waals surface area contributed by atoms with Crippen LogP contribution in [0.3, 0.4) is 0 Å². The second-order valence-electron chi connectivity index (χ2n) is 9.61. The van der Waals surface area contributed by atoms with Gasteiger partial charge in [-0.2, -0.15) is 0 Å². The third-order valence-corrected chi connectivity index (χ3v) is 6.40. The molecule has 3 aromatic rings. The van der Waals surface area contributed by atoms with E-state index in [-0.39, 0.29) is 11.8 Å². The van der Waals surface area contributed by atoms with Gasteiger partial charge in [0.1, 0.15) is 11.6 Å². The summed E-state index contributed by atoms with van der Waals surface area (Å²) < 4.78 is 8.25. The number of aromatic nitrogens is 2. The van der Waals surface area contributed by atoms with E-state index < -0.39 is 0 Å². The Bertz CT molecular complexity index is 1180. The molecule has 36 heavy (non-hydrogen) atoms. The molecule has 0 unspecified atom stereocenters. The lowest BCUT2D eigenvalue weighted by molar-refractivity contribution is 0.0944. The summed E-state index contributed by atoms with van der Waals surface area (Å²) in [7, 11) is 0. The predicted molar refractivity (Wildman–Crippen MR) is 141 cm³/mol. The van der Waals surface area contributed by atoms with Crippen LogP contribution in [0.4, 0.5) is 0 Å². The summed E-state index contributed by atoms with van der Waals surface area (Å²) >= 11 is 0. The van der Waals surface area contributed by atoms with E-state index in [2.05, 4.69) is 34.0 Å². The molecule has 1 aromatic heterocycles. The number of rotatable bonds is 6. The summed E-state index contributed by atoms with van der Waals surface area (Å²) in [6.07, 6.45) is 8.03. The zero-order chi connectivity index (χ0) is 25.3. The molecule has 2 heterocycles. The number of amides is 2. The van der Waals surface area contributed by atoms with Gasteiger partial charge in [-0.25, -0.2) is 4.98 Å². The average Bonchev–Trinajstić information content (AvgIpc) is 3.35. The lowest BCUT2D eigenvalue weighted by Gasteiger charge is -2.15. The number of hydrogen-bond acceptors (Lipinski definition) is 4. The van der Waals surface area contributed by atoms with Gasteiger partial charge < -0.3 is 19.9 Å². The molecule has 0 spiro atoms. The molecule has 2 N–H and O–H groups in total. The van der Waals surface area contributed by atoms with Crippen molar-refractivity contribution in [3.05, 3.63) is 82.9 Å². The zero-order valence-corrected chi connectivity index (χ0v) is 21.3. The van der Waals surface area contributed by atoms with Crippen molar-refractivity contribution in [2.45, 2.75) is 58.4 Å². The number of nitrogens with one attached hydrogen (secondary N) is 2. The van der Waals surface area contributed by atoms with Crippen LogP contribution in [0.1, 0.15) is 83.1 Å². The SMILES string of the molecule is CC(C)c1nccn1CCCNC(=O)c1ccc2c(c1)Cc1cccc(c1)C(=O)NCCCCCO2. The van der Waals surface area contributed by atoms with Gasteiger partial charge >= 0.3 is 0 Å². The van der Waals surface area contributed by atoms with E-state index in [9.17, 15) is 9.59 Å². The molecule has 2 aromatic carbocycles. The number of nitrogens with zero attached hydrogens (tertiary/aromatic N) is 2. The Labute approximate surface area is 213 Å². The molecular weight excluding hydrogens is 452 g/mol. The highest BCUT2D eigenvalue weighted by molar-refractivity contribution is 5.95. The van der Waals surface area contributed by atoms with E-state index in [0.29, 0.717) is 43.2 Å². The quantitative estimate of drug-likeness (QED) is 0.492. The van der Waals surface area contributed by atoms with Crippen LogP contribution in [0.5, 0.6) is 5.75 Å². The molecule has 4 rings (SSSR count). The number of benzene rings is 2. The molecule has 2 amide bonds. The van der Waals surface area contributed by atoms with Crippen LogP contribution in [-0.2, 0) is 13.0 Å². The Morgan fingerprint density at radius 3 is 2.92 bits per heavy atom. The molecule has 0 saturated heterocycles. The van der Waals surface area contributed by atoms with Crippen LogP contribution in [0.25, 0.3) is 0 Å². The number of aryl methyl sites for hydroxylation is 1. The molecule has 0 radical (unpaired) electrons. The molecule has 1 aliphatic rings. The van der Waals surface area contributed by atoms with E-state index in [1.807, 2.05) is 54.9 Å². The van der Waals surface area contributed by atoms with Crippen LogP contribution < -0.4 is 15.4 Å². The van der Waals surface area contributed by atoms with E-state index in [0.717, 1.165) is 54.9 Å². The fourth-order valence-electron chi connectivity index (χ4n) is 4.50. The number of imidazole rings is 1. The summed E-state index contributed by atoms with van der Waals surface area (Å²) in [6.45, 7) is 6.94. The van der Waals surface area contributed by atoms with Gasteiger partial charge in [-0.15, -0.1) is 0 Å². The molecule has 1 aliphatic heterocycles. The van der Waals surface area contributed by atoms with Crippen molar-refractivity contribution in [2.75, 3.05) is 19.7 Å². The maximum absolute atomic E-state index is 12.9. The van der Waals surface area contributed by atoms with E-state index in [1.54, 1.807) is 0 Å². The van der Waals surface area contributed by atoms with Gasteiger partial charge in [-0.3, -0.25) is 9.59 Å². The summed E-state index contributed by atoms with van der Waals surface area (Å²) in [5, 5.41) is 6.04. The fraction of sp³-hybridized carbons (Fsp3) is 0.414. The van der Waals surface area contributed by atoms with Gasteiger partial charge in [0.15, 0.2) is 0 Å². The van der Waals surface area contributed by atoms with Crippen LogP contribution >= 0.6 is 0 Å². The Balaban J connectivity index is 1.44. The molecule has 0 aliphatic carbocycles. The van der Waals surface area contributed by atoms with Crippen molar-refractivity contribution in [3.8, 4) is 5.75 Å². The zero-order valence-electron chi connectivity index (χ0n) is 21.3. The summed E-state index contributed by atoms with van der Waals surface area (Å²) in [5.74, 6) is 2.08. The first-order valence-corrected chi connectivity index (χ1v) is 12.9. The molecule has 0 atom stereocenters. The summed E-state index contributed by atoms with van der Waals surface area (Å²) in [5.41, 5.74) is 3.21. The summed E-state index contributed by atoms with van der Waals surface area (Å²) in [6, 6.07) is 13.3. The predicted octanol–water partition coefficient (Wildman–Crippen LogP) is 4.71. The minimum Gasteiger partial charge on any atom is -0.493 e. The van der Waals surface area contributed by atoms with Crippen LogP contribution in [0.2, 0.25) is 0 Å². The molecule has 0 fully saturated rings. The first-order chi connectivity index (χ1) is 17.5. The lowest BCUT2D eigenvalue weighted by atomic mass is 9.99. The second-order valence-corrected chi connectivity index (χ2v) is 9.61. The van der Waals surface area contributed by atoms with Gasteiger partial charge in [0.25, 0.3) is 11.8 Å². The normalized spacial score (nSPS) is 14.4. The van der Waals surface area contributed by atoms with Crippen molar-refractivity contribution in [1.29, 1.82) is 0 Å². The Morgan fingerprint density at radius 2 is 2.06 bits per heavy atom. The van der Waals surface area contributed by atoms with Gasteiger partial charge in [0.05, 0.1) is 6.61 Å². The Hall–Kier alpha value is -3.61. The topological polar surface area (TPSA) is 85.2 Å². The fourth-order valence-corrected chi connectivity index (χ4v) is 4.50. The van der Waals surface area contributed by atoms with Gasteiger partial charge in [0.2, 0.25) is 0 Å². The first-order valence-electron chi connectivity index (χ1n) is 12.9. The minimum absolute atomic E-state index is 0.0466. The van der Waals surface area contributed by atoms with Gasteiger partial charge in [-0.1, -0.05) is 26.0 Å². The monoisotopic (exact) mass is 488 g/mol. The van der Waals surface area contributed by atoms with Crippen LogP contribution in [0.15, 0.2) is 54.9 Å². The standard InChI is InChI=1S/C29H36N4O3/c1-21(2)27-30-14-16-33(27)15-7-13-32-29(35)24-10-11-26-25(20-24)19-22-8-6-9-23(18-22)28(34)31-12-4-3-5-17-36-26/h6,8-11,14,16,18,20-21H,3-5,7,12-13,15,17,19H2,1-2H3,(H,31,34)(H,32,35). The summed E-state index contributed by atoms with van der Waals surface area (Å²) in [4.78, 5) is 29.8. The highest BCUT2D eigenvalue weighted by Gasteiger charge is 2.14. The first kappa shape index (κ1) is 25.5. The smallest absolute Gasteiger partial charge is 0.251 e. The highest BCUT2D eigenvalue weighted by atomic mass is 16.5. The van der Waals surface area contributed by atoms with Crippen molar-refractivity contribution in [2.24, 2.45) is 0 Å². The lowest BCUT2D eigenvalue weighted by Crippen LogP contribution is -2.25. The molecule has 7 heteroatoms. The Kier molecular flexibility index (Phi) is 8.76. The van der Waals surface area contributed by atoms with E-state index in [1.165, 1.54) is 0 Å². The average molecular weight is 489 g/mol. The van der Waals surface area contributed by atoms with Crippen molar-refractivity contribution >= 4 is 11.8 Å². The van der Waals surface area contributed by atoms with Crippen molar-refractivity contribution in [1.82, 2.24) is 20.2 Å². The molecule has 2 bridgehead atoms. The third-order valence-electron chi connectivity index (χ3n) is 6.40. The van der Waals surface area contributed by atoms with Crippen molar-refractivity contribution in [3.63, 3.8) is 0 Å². The number of hydrogen-bond donors (Lipinski definition) is 2. The molecule has 0 saturated carbocycles. The van der Waals surface area contributed by atoms with E-state index >= 15 is 0 Å². The van der Waals surface area contributed by atoms with E-state index in [4.69, 9.17) is 4.74 Å². The van der Waals surface area contributed by atoms with Crippen LogP contribution in [0, 0.1) is 0 Å². The second kappa shape index (κ2) is 12.4. The maximum Gasteiger partial charge on any atom is 0.251 e. The number of fused-ring (bicyclic) bond motifs is 3. The van der Waals surface area contributed by atoms with Crippen LogP contribution in [-0.4, -0.2) is 41.1 Å². The van der Waals surface area contributed by atoms with Gasteiger partial charge in [-0.05, 0) is 67.1 Å². The minimum atomic E-state index is -0.0972. The van der Waals surface area contributed by atoms with Gasteiger partial charge in [0, 0.05) is 55.5 Å². The van der Waals surface area contributed by atoms with Crippen molar-refractivity contribution < 1.29 is 14.3 Å². The number of carbonyl (C=O) groups is 2. The maximum atomic E-state index is 12.9. The molecule has 7 nitrogen and oxygen atoms in total. The molecule has 190 valence electrons.